The number of carbonyl (C=O) groups excluding carboxylic acids is 2. The molecule has 1 heterocycles. The van der Waals surface area contributed by atoms with Crippen LogP contribution in [0, 0.1) is 5.82 Å². The van der Waals surface area contributed by atoms with Crippen molar-refractivity contribution < 1.29 is 22.4 Å². The first kappa shape index (κ1) is 27.0. The molecule has 10 heteroatoms. The molecule has 36 heavy (non-hydrogen) atoms. The molecular formula is C26H29FN4O4S. The highest BCUT2D eigenvalue weighted by Crippen LogP contribution is 2.16. The number of nitrogens with one attached hydrogen (secondary N) is 1. The Balaban J connectivity index is 1.94. The summed E-state index contributed by atoms with van der Waals surface area (Å²) in [4.78, 5) is 32.2. The molecule has 0 aliphatic rings. The van der Waals surface area contributed by atoms with Crippen LogP contribution in [0.4, 0.5) is 4.39 Å². The number of rotatable bonds is 11. The van der Waals surface area contributed by atoms with E-state index >= 15 is 0 Å². The molecule has 1 aromatic heterocycles. The smallest absolute Gasteiger partial charge is 0.243 e. The van der Waals surface area contributed by atoms with Crippen LogP contribution in [0.2, 0.25) is 0 Å². The lowest BCUT2D eigenvalue weighted by molar-refractivity contribution is -0.141. The maximum atomic E-state index is 13.5. The van der Waals surface area contributed by atoms with Gasteiger partial charge in [-0.2, -0.15) is 4.31 Å². The Morgan fingerprint density at radius 3 is 2.19 bits per heavy atom. The molecule has 3 aromatic rings. The summed E-state index contributed by atoms with van der Waals surface area (Å²) < 4.78 is 38.4. The largest absolute Gasteiger partial charge is 0.350 e. The lowest BCUT2D eigenvalue weighted by Gasteiger charge is -2.32. The predicted octanol–water partition coefficient (Wildman–Crippen LogP) is 2.37. The van der Waals surface area contributed by atoms with Crippen molar-refractivity contribution >= 4 is 21.8 Å². The molecule has 0 bridgehead atoms. The third-order valence-electron chi connectivity index (χ3n) is 5.68. The number of likely N-dealkylation sites (N-methyl/N-ethyl adjacent to an activating group) is 1. The van der Waals surface area contributed by atoms with Crippen molar-refractivity contribution in [2.24, 2.45) is 0 Å². The summed E-state index contributed by atoms with van der Waals surface area (Å²) in [5.41, 5.74) is 2.27. The molecule has 2 amide bonds. The molecule has 1 N–H and O–H groups in total. The molecule has 1 unspecified atom stereocenters. The maximum Gasteiger partial charge on any atom is 0.243 e. The van der Waals surface area contributed by atoms with Gasteiger partial charge in [0.05, 0.1) is 12.8 Å². The van der Waals surface area contributed by atoms with Gasteiger partial charge < -0.3 is 10.2 Å². The van der Waals surface area contributed by atoms with Gasteiger partial charge in [-0.1, -0.05) is 42.5 Å². The predicted molar refractivity (Wildman–Crippen MR) is 134 cm³/mol. The molecule has 0 fully saturated rings. The van der Waals surface area contributed by atoms with Gasteiger partial charge in [-0.3, -0.25) is 14.6 Å². The summed E-state index contributed by atoms with van der Waals surface area (Å²) in [7, 11) is -2.33. The monoisotopic (exact) mass is 512 g/mol. The van der Waals surface area contributed by atoms with Crippen LogP contribution in [0.3, 0.4) is 0 Å². The summed E-state index contributed by atoms with van der Waals surface area (Å²) in [5, 5.41) is 2.88. The van der Waals surface area contributed by atoms with E-state index in [-0.39, 0.29) is 19.5 Å². The summed E-state index contributed by atoms with van der Waals surface area (Å²) in [5.74, 6) is -1.37. The molecular weight excluding hydrogens is 483 g/mol. The topological polar surface area (TPSA) is 99.7 Å². The fraction of sp³-hybridized carbons (Fsp3) is 0.269. The number of aromatic nitrogens is 1. The second-order valence-electron chi connectivity index (χ2n) is 8.45. The van der Waals surface area contributed by atoms with Gasteiger partial charge in [0.25, 0.3) is 0 Å². The van der Waals surface area contributed by atoms with Gasteiger partial charge in [-0.15, -0.1) is 0 Å². The second-order valence-corrected chi connectivity index (χ2v) is 10.5. The van der Waals surface area contributed by atoms with E-state index in [0.29, 0.717) is 5.56 Å². The number of halogens is 1. The molecule has 0 aliphatic carbocycles. The zero-order valence-electron chi connectivity index (χ0n) is 20.2. The average molecular weight is 513 g/mol. The fourth-order valence-electron chi connectivity index (χ4n) is 3.55. The van der Waals surface area contributed by atoms with E-state index in [1.807, 2.05) is 30.3 Å². The molecule has 0 spiro atoms. The van der Waals surface area contributed by atoms with Gasteiger partial charge in [0.1, 0.15) is 11.9 Å². The van der Waals surface area contributed by atoms with Crippen molar-refractivity contribution in [3.63, 3.8) is 0 Å². The molecule has 190 valence electrons. The van der Waals surface area contributed by atoms with Gasteiger partial charge in [-0.25, -0.2) is 12.8 Å². The summed E-state index contributed by atoms with van der Waals surface area (Å²) in [6, 6.07) is 17.4. The number of benzene rings is 2. The van der Waals surface area contributed by atoms with Gasteiger partial charge in [0.2, 0.25) is 21.8 Å². The van der Waals surface area contributed by atoms with E-state index in [2.05, 4.69) is 10.3 Å². The molecule has 0 saturated carbocycles. The number of hydrogen-bond donors (Lipinski definition) is 1. The molecule has 2 aromatic carbocycles. The summed E-state index contributed by atoms with van der Waals surface area (Å²) >= 11 is 0. The van der Waals surface area contributed by atoms with Crippen LogP contribution in [-0.2, 0) is 39.1 Å². The van der Waals surface area contributed by atoms with Gasteiger partial charge in [0.15, 0.2) is 0 Å². The van der Waals surface area contributed by atoms with Gasteiger partial charge in [-0.05, 0) is 41.0 Å². The van der Waals surface area contributed by atoms with Crippen LogP contribution in [0.25, 0.3) is 0 Å². The highest BCUT2D eigenvalue weighted by molar-refractivity contribution is 7.88. The molecule has 3 rings (SSSR count). The zero-order chi connectivity index (χ0) is 26.1. The van der Waals surface area contributed by atoms with Crippen LogP contribution >= 0.6 is 0 Å². The normalized spacial score (nSPS) is 12.2. The van der Waals surface area contributed by atoms with Crippen LogP contribution < -0.4 is 5.32 Å². The van der Waals surface area contributed by atoms with Crippen LogP contribution in [0.15, 0.2) is 79.1 Å². The second kappa shape index (κ2) is 12.4. The summed E-state index contributed by atoms with van der Waals surface area (Å²) in [6.07, 6.45) is 4.45. The number of nitrogens with zero attached hydrogens (tertiary/aromatic N) is 3. The number of pyridine rings is 1. The highest BCUT2D eigenvalue weighted by atomic mass is 32.2. The first-order chi connectivity index (χ1) is 17.1. The van der Waals surface area contributed by atoms with Crippen molar-refractivity contribution in [1.82, 2.24) is 19.5 Å². The molecule has 0 saturated heterocycles. The Morgan fingerprint density at radius 1 is 0.944 bits per heavy atom. The summed E-state index contributed by atoms with van der Waals surface area (Å²) in [6.45, 7) is -0.214. The Morgan fingerprint density at radius 2 is 1.58 bits per heavy atom. The lowest BCUT2D eigenvalue weighted by atomic mass is 10.0. The van der Waals surface area contributed by atoms with E-state index < -0.39 is 40.2 Å². The molecule has 0 radical (unpaired) electrons. The maximum absolute atomic E-state index is 13.5. The minimum atomic E-state index is -3.63. The molecule has 8 nitrogen and oxygen atoms in total. The SMILES string of the molecule is CN(CC(=O)N(Cc1ccc(F)cc1)C(Cc1ccccc1)C(=O)NCc1ccncc1)S(C)(=O)=O. The number of sulfonamides is 1. The van der Waals surface area contributed by atoms with E-state index in [9.17, 15) is 22.4 Å². The zero-order valence-corrected chi connectivity index (χ0v) is 21.0. The first-order valence-electron chi connectivity index (χ1n) is 11.3. The highest BCUT2D eigenvalue weighted by Gasteiger charge is 2.31. The Bertz CT molecular complexity index is 1260. The van der Waals surface area contributed by atoms with Crippen molar-refractivity contribution in [3.8, 4) is 0 Å². The van der Waals surface area contributed by atoms with E-state index in [4.69, 9.17) is 0 Å². The quantitative estimate of drug-likeness (QED) is 0.425. The lowest BCUT2D eigenvalue weighted by Crippen LogP contribution is -2.52. The Kier molecular flexibility index (Phi) is 9.26. The number of amides is 2. The van der Waals surface area contributed by atoms with Crippen LogP contribution in [0.1, 0.15) is 16.7 Å². The van der Waals surface area contributed by atoms with E-state index in [1.54, 1.807) is 24.5 Å². The minimum absolute atomic E-state index is 0.00308. The van der Waals surface area contributed by atoms with E-state index in [1.165, 1.54) is 36.2 Å². The molecule has 1 atom stereocenters. The average Bonchev–Trinajstić information content (AvgIpc) is 2.86. The van der Waals surface area contributed by atoms with Crippen molar-refractivity contribution in [1.29, 1.82) is 0 Å². The standard InChI is InChI=1S/C26H29FN4O4S/c1-30(36(2,34)35)19-25(32)31(18-22-8-10-23(27)11-9-22)24(16-20-6-4-3-5-7-20)26(33)29-17-21-12-14-28-15-13-21/h3-15,24H,16-19H2,1-2H3,(H,29,33). The molecule has 0 aliphatic heterocycles. The van der Waals surface area contributed by atoms with Crippen LogP contribution in [0.5, 0.6) is 0 Å². The van der Waals surface area contributed by atoms with Crippen molar-refractivity contribution in [2.75, 3.05) is 19.8 Å². The Labute approximate surface area is 210 Å². The van der Waals surface area contributed by atoms with Crippen molar-refractivity contribution in [2.45, 2.75) is 25.6 Å². The number of hydrogen-bond acceptors (Lipinski definition) is 5. The number of carbonyl (C=O) groups is 2. The van der Waals surface area contributed by atoms with Gasteiger partial charge in [0, 0.05) is 39.0 Å². The first-order valence-corrected chi connectivity index (χ1v) is 13.1. The minimum Gasteiger partial charge on any atom is -0.350 e. The van der Waals surface area contributed by atoms with E-state index in [0.717, 1.165) is 21.7 Å². The van der Waals surface area contributed by atoms with Crippen LogP contribution in [-0.4, -0.2) is 60.3 Å². The Hall–Kier alpha value is -3.63. The fourth-order valence-corrected chi connectivity index (χ4v) is 3.89. The van der Waals surface area contributed by atoms with Gasteiger partial charge >= 0.3 is 0 Å². The van der Waals surface area contributed by atoms with Crippen molar-refractivity contribution in [3.05, 3.63) is 102 Å². The third kappa shape index (κ3) is 7.96. The third-order valence-corrected chi connectivity index (χ3v) is 6.94.